The van der Waals surface area contributed by atoms with Crippen LogP contribution in [0.15, 0.2) is 11.6 Å². The molecule has 1 amide bonds. The Balaban J connectivity index is 1.85. The van der Waals surface area contributed by atoms with E-state index in [0.29, 0.717) is 12.5 Å². The Hall–Kier alpha value is -1.07. The molecule has 0 radical (unpaired) electrons. The fraction of sp³-hybridized carbons (Fsp3) is 0.864. The Bertz CT molecular complexity index is 571. The van der Waals surface area contributed by atoms with E-state index in [9.17, 15) is 4.79 Å². The summed E-state index contributed by atoms with van der Waals surface area (Å²) in [5, 5.41) is 0. The molecule has 5 heteroatoms. The first-order valence-electron chi connectivity index (χ1n) is 10.6. The van der Waals surface area contributed by atoms with E-state index in [4.69, 9.17) is 14.2 Å². The van der Waals surface area contributed by atoms with Crippen molar-refractivity contribution in [3.8, 4) is 0 Å². The van der Waals surface area contributed by atoms with Crippen molar-refractivity contribution in [1.82, 2.24) is 4.90 Å². The third-order valence-electron chi connectivity index (χ3n) is 5.88. The first-order valence-corrected chi connectivity index (χ1v) is 10.6. The van der Waals surface area contributed by atoms with Crippen molar-refractivity contribution >= 4 is 6.09 Å². The van der Waals surface area contributed by atoms with Gasteiger partial charge in [-0.25, -0.2) is 4.79 Å². The lowest BCUT2D eigenvalue weighted by molar-refractivity contribution is -0.101. The molecule has 5 nitrogen and oxygen atoms in total. The van der Waals surface area contributed by atoms with Gasteiger partial charge >= 0.3 is 6.09 Å². The van der Waals surface area contributed by atoms with Gasteiger partial charge in [0.2, 0.25) is 0 Å². The molecule has 2 fully saturated rings. The summed E-state index contributed by atoms with van der Waals surface area (Å²) in [4.78, 5) is 15.0. The quantitative estimate of drug-likeness (QED) is 0.644. The maximum Gasteiger partial charge on any atom is 0.412 e. The molecule has 27 heavy (non-hydrogen) atoms. The third-order valence-corrected chi connectivity index (χ3v) is 5.88. The number of hydrogen-bond donors (Lipinski definition) is 0. The van der Waals surface area contributed by atoms with Crippen molar-refractivity contribution in [2.75, 3.05) is 6.61 Å². The second-order valence-electron chi connectivity index (χ2n) is 9.98. The second kappa shape index (κ2) is 7.75. The van der Waals surface area contributed by atoms with Crippen LogP contribution < -0.4 is 0 Å². The lowest BCUT2D eigenvalue weighted by Crippen LogP contribution is -2.51. The van der Waals surface area contributed by atoms with Crippen LogP contribution in [0.4, 0.5) is 4.79 Å². The Kier molecular flexibility index (Phi) is 5.93. The van der Waals surface area contributed by atoms with Crippen LogP contribution in [0.5, 0.6) is 0 Å². The number of nitrogens with zero attached hydrogens (tertiary/aromatic N) is 1. The minimum absolute atomic E-state index is 0.0231. The predicted molar refractivity (Wildman–Crippen MR) is 106 cm³/mol. The summed E-state index contributed by atoms with van der Waals surface area (Å²) in [7, 11) is 0. The molecule has 0 aromatic carbocycles. The molecule has 0 spiro atoms. The zero-order chi connectivity index (χ0) is 19.8. The van der Waals surface area contributed by atoms with E-state index < -0.39 is 11.3 Å². The van der Waals surface area contributed by atoms with Gasteiger partial charge < -0.3 is 14.2 Å². The van der Waals surface area contributed by atoms with Crippen LogP contribution in [0.1, 0.15) is 80.1 Å². The van der Waals surface area contributed by atoms with E-state index in [1.54, 1.807) is 0 Å². The number of rotatable bonds is 3. The highest BCUT2D eigenvalue weighted by atomic mass is 16.6. The summed E-state index contributed by atoms with van der Waals surface area (Å²) in [6, 6.07) is -0.0231. The SMILES string of the molecule is CC1=CC(C2OC(C)(C)N(C(=O)OC(C)(C)C)C2CC2CCCCC2)OC1. The first-order chi connectivity index (χ1) is 12.6. The molecule has 1 aliphatic carbocycles. The van der Waals surface area contributed by atoms with Crippen molar-refractivity contribution in [2.45, 2.75) is 110 Å². The standard InChI is InChI=1S/C22H37NO4/c1-15-12-18(25-14-15)19-17(13-16-10-8-7-9-11-16)23(22(5,6)26-19)20(24)27-21(2,3)4/h12,16-19H,7-11,13-14H2,1-6H3. The van der Waals surface area contributed by atoms with Crippen molar-refractivity contribution in [1.29, 1.82) is 0 Å². The van der Waals surface area contributed by atoms with E-state index in [1.807, 2.05) is 39.5 Å². The highest BCUT2D eigenvalue weighted by Gasteiger charge is 2.54. The number of carbonyl (C=O) groups excluding carboxylic acids is 1. The Morgan fingerprint density at radius 2 is 1.93 bits per heavy atom. The first kappa shape index (κ1) is 20.7. The molecule has 3 rings (SSSR count). The molecule has 3 unspecified atom stereocenters. The molecular formula is C22H37NO4. The van der Waals surface area contributed by atoms with Gasteiger partial charge in [-0.3, -0.25) is 4.90 Å². The molecule has 3 aliphatic rings. The summed E-state index contributed by atoms with van der Waals surface area (Å²) in [6.07, 6.45) is 8.99. The summed E-state index contributed by atoms with van der Waals surface area (Å²) in [5.74, 6) is 0.639. The van der Waals surface area contributed by atoms with E-state index in [0.717, 1.165) is 6.42 Å². The van der Waals surface area contributed by atoms with E-state index in [2.05, 4.69) is 13.0 Å². The van der Waals surface area contributed by atoms with Crippen LogP contribution >= 0.6 is 0 Å². The van der Waals surface area contributed by atoms with Crippen molar-refractivity contribution in [3.05, 3.63) is 11.6 Å². The molecule has 1 saturated heterocycles. The molecule has 0 aromatic heterocycles. The van der Waals surface area contributed by atoms with Gasteiger partial charge in [0.1, 0.15) is 23.5 Å². The van der Waals surface area contributed by atoms with Crippen LogP contribution in [0.2, 0.25) is 0 Å². The maximum atomic E-state index is 13.1. The van der Waals surface area contributed by atoms with Crippen LogP contribution in [-0.2, 0) is 14.2 Å². The Labute approximate surface area is 164 Å². The van der Waals surface area contributed by atoms with Gasteiger partial charge in [0.25, 0.3) is 0 Å². The summed E-state index contributed by atoms with van der Waals surface area (Å²) in [6.45, 7) is 12.4. The average Bonchev–Trinajstić information content (AvgIpc) is 3.07. The molecule has 2 heterocycles. The van der Waals surface area contributed by atoms with Gasteiger partial charge in [0, 0.05) is 0 Å². The fourth-order valence-electron chi connectivity index (χ4n) is 4.76. The molecule has 0 bridgehead atoms. The minimum atomic E-state index is -0.708. The van der Waals surface area contributed by atoms with E-state index in [1.165, 1.54) is 37.7 Å². The van der Waals surface area contributed by atoms with Crippen molar-refractivity contribution in [2.24, 2.45) is 5.92 Å². The molecule has 0 aromatic rings. The normalized spacial score (nSPS) is 31.9. The second-order valence-corrected chi connectivity index (χ2v) is 9.98. The average molecular weight is 380 g/mol. The van der Waals surface area contributed by atoms with Gasteiger partial charge in [-0.15, -0.1) is 0 Å². The zero-order valence-corrected chi connectivity index (χ0v) is 17.9. The predicted octanol–water partition coefficient (Wildman–Crippen LogP) is 5.04. The molecular weight excluding hydrogens is 342 g/mol. The van der Waals surface area contributed by atoms with Gasteiger partial charge in [-0.05, 0) is 59.5 Å². The molecule has 154 valence electrons. The van der Waals surface area contributed by atoms with E-state index in [-0.39, 0.29) is 24.3 Å². The van der Waals surface area contributed by atoms with Crippen molar-refractivity contribution in [3.63, 3.8) is 0 Å². The Morgan fingerprint density at radius 1 is 1.26 bits per heavy atom. The van der Waals surface area contributed by atoms with Crippen LogP contribution in [0.3, 0.4) is 0 Å². The number of ether oxygens (including phenoxy) is 3. The number of carbonyl (C=O) groups is 1. The smallest absolute Gasteiger partial charge is 0.412 e. The fourth-order valence-corrected chi connectivity index (χ4v) is 4.76. The highest BCUT2D eigenvalue weighted by Crippen LogP contribution is 2.41. The summed E-state index contributed by atoms with van der Waals surface area (Å²) >= 11 is 0. The third kappa shape index (κ3) is 4.86. The highest BCUT2D eigenvalue weighted by molar-refractivity contribution is 5.70. The molecule has 3 atom stereocenters. The van der Waals surface area contributed by atoms with Crippen LogP contribution in [0.25, 0.3) is 0 Å². The lowest BCUT2D eigenvalue weighted by Gasteiger charge is -2.37. The van der Waals surface area contributed by atoms with Gasteiger partial charge in [0.05, 0.1) is 12.6 Å². The van der Waals surface area contributed by atoms with Crippen LogP contribution in [0, 0.1) is 5.92 Å². The van der Waals surface area contributed by atoms with Crippen LogP contribution in [-0.4, -0.2) is 47.2 Å². The summed E-state index contributed by atoms with van der Waals surface area (Å²) < 4.78 is 18.2. The monoisotopic (exact) mass is 379 g/mol. The maximum absolute atomic E-state index is 13.1. The topological polar surface area (TPSA) is 48.0 Å². The molecule has 0 N–H and O–H groups in total. The lowest BCUT2D eigenvalue weighted by atomic mass is 9.83. The summed E-state index contributed by atoms with van der Waals surface area (Å²) in [5.41, 5.74) is -0.00497. The van der Waals surface area contributed by atoms with Gasteiger partial charge in [0.15, 0.2) is 0 Å². The zero-order valence-electron chi connectivity index (χ0n) is 17.9. The van der Waals surface area contributed by atoms with E-state index >= 15 is 0 Å². The van der Waals surface area contributed by atoms with Crippen molar-refractivity contribution < 1.29 is 19.0 Å². The van der Waals surface area contributed by atoms with Gasteiger partial charge in [-0.1, -0.05) is 38.2 Å². The number of amides is 1. The molecule has 2 aliphatic heterocycles. The Morgan fingerprint density at radius 3 is 2.48 bits per heavy atom. The minimum Gasteiger partial charge on any atom is -0.444 e. The number of hydrogen-bond acceptors (Lipinski definition) is 4. The van der Waals surface area contributed by atoms with Gasteiger partial charge in [-0.2, -0.15) is 0 Å². The molecule has 1 saturated carbocycles. The largest absolute Gasteiger partial charge is 0.444 e.